The van der Waals surface area contributed by atoms with Gasteiger partial charge in [-0.05, 0) is 93.5 Å². The Hall–Kier alpha value is -4.24. The third-order valence-electron chi connectivity index (χ3n) is 10.1. The molecule has 0 aliphatic carbocycles. The number of anilines is 2. The Morgan fingerprint density at radius 2 is 1.16 bits per heavy atom. The van der Waals surface area contributed by atoms with Crippen LogP contribution in [0.3, 0.4) is 0 Å². The van der Waals surface area contributed by atoms with E-state index < -0.39 is 0 Å². The Kier molecular flexibility index (Phi) is 6.88. The van der Waals surface area contributed by atoms with E-state index in [4.69, 9.17) is 29.9 Å². The summed E-state index contributed by atoms with van der Waals surface area (Å²) in [5.41, 5.74) is 1.89. The van der Waals surface area contributed by atoms with Crippen molar-refractivity contribution in [3.05, 3.63) is 67.0 Å². The van der Waals surface area contributed by atoms with Gasteiger partial charge in [-0.3, -0.25) is 10.3 Å². The molecular formula is C35H43N9. The van der Waals surface area contributed by atoms with Gasteiger partial charge in [-0.15, -0.1) is 0 Å². The van der Waals surface area contributed by atoms with Crippen LogP contribution in [0.2, 0.25) is 0 Å². The molecule has 1 unspecified atom stereocenters. The van der Waals surface area contributed by atoms with E-state index in [1.165, 1.54) is 0 Å². The first-order valence-electron chi connectivity index (χ1n) is 15.3. The van der Waals surface area contributed by atoms with E-state index in [1.807, 2.05) is 67.8 Å². The van der Waals surface area contributed by atoms with Crippen molar-refractivity contribution in [2.24, 2.45) is 4.99 Å². The van der Waals surface area contributed by atoms with Crippen molar-refractivity contribution < 1.29 is 0 Å². The highest BCUT2D eigenvalue weighted by Crippen LogP contribution is 2.41. The molecule has 1 saturated heterocycles. The monoisotopic (exact) mass is 589 g/mol. The maximum Gasteiger partial charge on any atom is 0.165 e. The molecule has 9 nitrogen and oxygen atoms in total. The number of amidine groups is 1. The second-order valence-electron chi connectivity index (χ2n) is 14.0. The number of aromatic nitrogens is 5. The summed E-state index contributed by atoms with van der Waals surface area (Å²) in [5, 5.41) is 3.70. The molecule has 44 heavy (non-hydrogen) atoms. The second-order valence-corrected chi connectivity index (χ2v) is 14.0. The maximum absolute atomic E-state index is 4.92. The van der Waals surface area contributed by atoms with Crippen LogP contribution in [0.25, 0.3) is 34.2 Å². The third kappa shape index (κ3) is 4.74. The standard InChI is InChI=1S/C35H43N9/c1-22-41-32(3,4)34(7,8)43(22)27-18-16-25(20-36-27)30-38-29(24-14-12-11-13-15-24)39-31(40-30)26-17-19-28(37-21-26)44-23(2)42-33(5,6)35(44,9)10/h11-22,41H,1-10H3. The molecule has 0 radical (unpaired) electrons. The number of hydrogen-bond donors (Lipinski definition) is 1. The molecule has 2 aliphatic rings. The summed E-state index contributed by atoms with van der Waals surface area (Å²) in [6.45, 7) is 21.9. The molecule has 1 fully saturated rings. The Labute approximate surface area is 260 Å². The summed E-state index contributed by atoms with van der Waals surface area (Å²) < 4.78 is 0. The van der Waals surface area contributed by atoms with Gasteiger partial charge in [-0.25, -0.2) is 24.9 Å². The average molecular weight is 590 g/mol. The van der Waals surface area contributed by atoms with Gasteiger partial charge in [0.05, 0.1) is 22.8 Å². The molecule has 2 aliphatic heterocycles. The van der Waals surface area contributed by atoms with Crippen molar-refractivity contribution in [2.75, 3.05) is 9.80 Å². The Morgan fingerprint density at radius 1 is 0.636 bits per heavy atom. The first-order chi connectivity index (χ1) is 20.6. The van der Waals surface area contributed by atoms with E-state index in [0.29, 0.717) is 17.5 Å². The molecule has 0 spiro atoms. The summed E-state index contributed by atoms with van der Waals surface area (Å²) in [5.74, 6) is 4.44. The topological polar surface area (TPSA) is 95.3 Å². The minimum atomic E-state index is -0.232. The fourth-order valence-electron chi connectivity index (χ4n) is 6.42. The average Bonchev–Trinajstić information content (AvgIpc) is 3.25. The number of aliphatic imine (C=N–C) groups is 1. The van der Waals surface area contributed by atoms with Crippen molar-refractivity contribution in [3.8, 4) is 34.2 Å². The van der Waals surface area contributed by atoms with Crippen molar-refractivity contribution in [2.45, 2.75) is 97.6 Å². The van der Waals surface area contributed by atoms with Gasteiger partial charge in [0.25, 0.3) is 0 Å². The minimum Gasteiger partial charge on any atom is -0.334 e. The zero-order valence-electron chi connectivity index (χ0n) is 27.5. The lowest BCUT2D eigenvalue weighted by Crippen LogP contribution is -2.53. The molecule has 228 valence electrons. The summed E-state index contributed by atoms with van der Waals surface area (Å²) in [6.07, 6.45) is 3.85. The zero-order valence-corrected chi connectivity index (χ0v) is 27.5. The van der Waals surface area contributed by atoms with E-state index in [1.54, 1.807) is 0 Å². The molecular weight excluding hydrogens is 546 g/mol. The molecule has 0 saturated carbocycles. The van der Waals surface area contributed by atoms with Gasteiger partial charge in [-0.1, -0.05) is 30.3 Å². The number of hydrogen-bond acceptors (Lipinski definition) is 9. The second kappa shape index (κ2) is 10.2. The quantitative estimate of drug-likeness (QED) is 0.273. The van der Waals surface area contributed by atoms with E-state index in [-0.39, 0.29) is 28.3 Å². The largest absolute Gasteiger partial charge is 0.334 e. The van der Waals surface area contributed by atoms with Gasteiger partial charge >= 0.3 is 0 Å². The lowest BCUT2D eigenvalue weighted by molar-refractivity contribution is 0.314. The van der Waals surface area contributed by atoms with Crippen LogP contribution in [0.4, 0.5) is 11.6 Å². The van der Waals surface area contributed by atoms with Crippen molar-refractivity contribution in [3.63, 3.8) is 0 Å². The number of nitrogens with one attached hydrogen (secondary N) is 1. The molecule has 4 aromatic rings. The minimum absolute atomic E-state index is 0.0731. The first-order valence-corrected chi connectivity index (χ1v) is 15.3. The van der Waals surface area contributed by atoms with Crippen LogP contribution in [0.15, 0.2) is 72.0 Å². The summed E-state index contributed by atoms with van der Waals surface area (Å²) in [6, 6.07) is 18.1. The van der Waals surface area contributed by atoms with Crippen LogP contribution in [-0.2, 0) is 0 Å². The molecule has 5 heterocycles. The molecule has 9 heteroatoms. The van der Waals surface area contributed by atoms with Crippen LogP contribution in [-0.4, -0.2) is 59.1 Å². The highest BCUT2D eigenvalue weighted by molar-refractivity contribution is 5.99. The fraction of sp³-hybridized carbons (Fsp3) is 0.429. The normalized spacial score (nSPS) is 21.4. The van der Waals surface area contributed by atoms with Gasteiger partial charge in [0, 0.05) is 34.6 Å². The summed E-state index contributed by atoms with van der Waals surface area (Å²) in [4.78, 5) is 33.9. The third-order valence-corrected chi connectivity index (χ3v) is 10.1. The molecule has 1 aromatic carbocycles. The maximum atomic E-state index is 4.92. The number of rotatable bonds is 5. The van der Waals surface area contributed by atoms with Crippen LogP contribution < -0.4 is 15.1 Å². The Balaban J connectivity index is 1.38. The van der Waals surface area contributed by atoms with Crippen LogP contribution in [0.5, 0.6) is 0 Å². The molecule has 1 atom stereocenters. The molecule has 1 N–H and O–H groups in total. The summed E-state index contributed by atoms with van der Waals surface area (Å²) in [7, 11) is 0. The number of nitrogens with zero attached hydrogens (tertiary/aromatic N) is 8. The lowest BCUT2D eigenvalue weighted by Gasteiger charge is -2.41. The van der Waals surface area contributed by atoms with Gasteiger partial charge < -0.3 is 9.80 Å². The SMILES string of the molecule is CC1=NC(C)(C)C(C)(C)N1c1ccc(-c2nc(-c3ccccc3)nc(-c3ccc(N4C(C)NC(C)(C)C4(C)C)nc3)n2)cn1. The Morgan fingerprint density at radius 3 is 1.59 bits per heavy atom. The van der Waals surface area contributed by atoms with Crippen LogP contribution in [0.1, 0.15) is 69.2 Å². The number of pyridine rings is 2. The molecule has 6 rings (SSSR count). The first kappa shape index (κ1) is 29.8. The van der Waals surface area contributed by atoms with Crippen LogP contribution in [0, 0.1) is 0 Å². The Bertz CT molecular complexity index is 1710. The van der Waals surface area contributed by atoms with E-state index in [9.17, 15) is 0 Å². The van der Waals surface area contributed by atoms with Gasteiger partial charge in [0.15, 0.2) is 17.5 Å². The molecule has 0 amide bonds. The highest BCUT2D eigenvalue weighted by atomic mass is 15.4. The predicted molar refractivity (Wildman–Crippen MR) is 179 cm³/mol. The smallest absolute Gasteiger partial charge is 0.165 e. The molecule has 3 aromatic heterocycles. The van der Waals surface area contributed by atoms with Gasteiger partial charge in [0.1, 0.15) is 17.5 Å². The lowest BCUT2D eigenvalue weighted by atomic mass is 9.83. The molecule has 0 bridgehead atoms. The van der Waals surface area contributed by atoms with Crippen molar-refractivity contribution in [1.82, 2.24) is 30.2 Å². The van der Waals surface area contributed by atoms with Crippen LogP contribution >= 0.6 is 0 Å². The van der Waals surface area contributed by atoms with E-state index >= 15 is 0 Å². The van der Waals surface area contributed by atoms with Gasteiger partial charge in [-0.2, -0.15) is 0 Å². The highest BCUT2D eigenvalue weighted by Gasteiger charge is 2.51. The zero-order chi connectivity index (χ0) is 31.7. The van der Waals surface area contributed by atoms with Gasteiger partial charge in [0.2, 0.25) is 0 Å². The van der Waals surface area contributed by atoms with E-state index in [0.717, 1.165) is 34.2 Å². The van der Waals surface area contributed by atoms with Crippen molar-refractivity contribution in [1.29, 1.82) is 0 Å². The summed E-state index contributed by atoms with van der Waals surface area (Å²) >= 11 is 0. The number of benzene rings is 1. The predicted octanol–water partition coefficient (Wildman–Crippen LogP) is 6.77. The van der Waals surface area contributed by atoms with E-state index in [2.05, 4.69) is 83.5 Å². The fourth-order valence-corrected chi connectivity index (χ4v) is 6.42. The van der Waals surface area contributed by atoms with Crippen molar-refractivity contribution >= 4 is 17.5 Å².